The van der Waals surface area contributed by atoms with Crippen LogP contribution in [0.1, 0.15) is 24.3 Å². The number of morpholine rings is 1. The van der Waals surface area contributed by atoms with Crippen LogP contribution in [0.5, 0.6) is 0 Å². The number of hydrogen-bond donors (Lipinski definition) is 0. The minimum atomic E-state index is 0.0413. The van der Waals surface area contributed by atoms with Crippen molar-refractivity contribution < 1.29 is 4.74 Å². The zero-order valence-electron chi connectivity index (χ0n) is 15.0. The summed E-state index contributed by atoms with van der Waals surface area (Å²) in [4.78, 5) is 15.8. The minimum absolute atomic E-state index is 0.0413. The largest absolute Gasteiger partial charge is 0.367 e. The van der Waals surface area contributed by atoms with Gasteiger partial charge in [0.25, 0.3) is 0 Å². The monoisotopic (exact) mass is 346 g/mol. The molecule has 26 heavy (non-hydrogen) atoms. The summed E-state index contributed by atoms with van der Waals surface area (Å²) < 4.78 is 6.18. The highest BCUT2D eigenvalue weighted by Crippen LogP contribution is 2.29. The second kappa shape index (κ2) is 7.22. The van der Waals surface area contributed by atoms with E-state index in [1.165, 1.54) is 5.56 Å². The summed E-state index contributed by atoms with van der Waals surface area (Å²) in [6.07, 6.45) is 3.71. The number of aromatic nitrogens is 3. The van der Waals surface area contributed by atoms with Crippen LogP contribution >= 0.6 is 0 Å². The Hall–Kier alpha value is -2.79. The zero-order chi connectivity index (χ0) is 17.9. The van der Waals surface area contributed by atoms with Crippen molar-refractivity contribution in [3.8, 4) is 11.4 Å². The zero-order valence-corrected chi connectivity index (χ0v) is 15.0. The maximum absolute atomic E-state index is 6.18. The van der Waals surface area contributed by atoms with Gasteiger partial charge in [0.15, 0.2) is 5.82 Å². The Balaban J connectivity index is 1.65. The predicted molar refractivity (Wildman–Crippen MR) is 102 cm³/mol. The Labute approximate surface area is 153 Å². The van der Waals surface area contributed by atoms with Gasteiger partial charge in [-0.25, -0.2) is 9.97 Å². The Bertz CT molecular complexity index is 870. The summed E-state index contributed by atoms with van der Waals surface area (Å²) in [5.41, 5.74) is 3.13. The lowest BCUT2D eigenvalue weighted by Crippen LogP contribution is -2.43. The summed E-state index contributed by atoms with van der Waals surface area (Å²) in [7, 11) is 0. The van der Waals surface area contributed by atoms with Gasteiger partial charge < -0.3 is 9.64 Å². The Morgan fingerprint density at radius 1 is 1.00 bits per heavy atom. The van der Waals surface area contributed by atoms with E-state index in [1.807, 2.05) is 31.2 Å². The summed E-state index contributed by atoms with van der Waals surface area (Å²) >= 11 is 0. The second-order valence-electron chi connectivity index (χ2n) is 6.68. The summed E-state index contributed by atoms with van der Waals surface area (Å²) in [5.74, 6) is 1.68. The third kappa shape index (κ3) is 3.58. The van der Waals surface area contributed by atoms with E-state index in [1.54, 1.807) is 12.4 Å². The van der Waals surface area contributed by atoms with E-state index in [-0.39, 0.29) is 12.2 Å². The van der Waals surface area contributed by atoms with Gasteiger partial charge in [-0.3, -0.25) is 4.98 Å². The lowest BCUT2D eigenvalue weighted by molar-refractivity contribution is -0.0176. The highest BCUT2D eigenvalue weighted by Gasteiger charge is 2.27. The lowest BCUT2D eigenvalue weighted by Gasteiger charge is -2.38. The smallest absolute Gasteiger partial charge is 0.161 e. The molecule has 5 heteroatoms. The molecule has 5 nitrogen and oxygen atoms in total. The Morgan fingerprint density at radius 2 is 1.77 bits per heavy atom. The van der Waals surface area contributed by atoms with E-state index in [0.717, 1.165) is 36.0 Å². The third-order valence-corrected chi connectivity index (χ3v) is 4.53. The van der Waals surface area contributed by atoms with Crippen molar-refractivity contribution in [2.24, 2.45) is 0 Å². The first-order chi connectivity index (χ1) is 12.7. The molecule has 0 bridgehead atoms. The molecule has 2 atom stereocenters. The number of benzene rings is 1. The van der Waals surface area contributed by atoms with Gasteiger partial charge >= 0.3 is 0 Å². The number of pyridine rings is 1. The Kier molecular flexibility index (Phi) is 4.63. The third-order valence-electron chi connectivity index (χ3n) is 4.53. The maximum atomic E-state index is 6.18. The molecule has 1 aliphatic rings. The average molecular weight is 346 g/mol. The van der Waals surface area contributed by atoms with E-state index >= 15 is 0 Å². The van der Waals surface area contributed by atoms with Crippen LogP contribution in [0.3, 0.4) is 0 Å². The number of nitrogens with zero attached hydrogens (tertiary/aromatic N) is 4. The van der Waals surface area contributed by atoms with Crippen molar-refractivity contribution in [3.63, 3.8) is 0 Å². The predicted octanol–water partition coefficient (Wildman–Crippen LogP) is 3.81. The van der Waals surface area contributed by atoms with E-state index in [4.69, 9.17) is 9.72 Å². The fraction of sp³-hybridized carbons (Fsp3) is 0.286. The first-order valence-corrected chi connectivity index (χ1v) is 8.90. The molecule has 0 unspecified atom stereocenters. The minimum Gasteiger partial charge on any atom is -0.367 e. The first kappa shape index (κ1) is 16.7. The second-order valence-corrected chi connectivity index (χ2v) is 6.68. The van der Waals surface area contributed by atoms with Crippen molar-refractivity contribution >= 4 is 5.82 Å². The van der Waals surface area contributed by atoms with Crippen molar-refractivity contribution in [1.29, 1.82) is 0 Å². The lowest BCUT2D eigenvalue weighted by atomic mass is 10.1. The van der Waals surface area contributed by atoms with Crippen LogP contribution in [0, 0.1) is 6.92 Å². The van der Waals surface area contributed by atoms with Crippen LogP contribution in [0.2, 0.25) is 0 Å². The van der Waals surface area contributed by atoms with Crippen molar-refractivity contribution in [2.75, 3.05) is 18.0 Å². The van der Waals surface area contributed by atoms with E-state index in [2.05, 4.69) is 46.1 Å². The summed E-state index contributed by atoms with van der Waals surface area (Å²) in [5, 5.41) is 0. The molecule has 132 valence electrons. The van der Waals surface area contributed by atoms with Crippen LogP contribution in [0.4, 0.5) is 5.82 Å². The summed E-state index contributed by atoms with van der Waals surface area (Å²) in [6.45, 7) is 5.71. The molecule has 4 rings (SSSR count). The fourth-order valence-corrected chi connectivity index (χ4v) is 3.33. The molecule has 0 spiro atoms. The molecule has 0 radical (unpaired) electrons. The SMILES string of the molecule is Cc1cc(N2C[C@@H](c3ccccc3)O[C@@H](C)C2)nc(-c2ccncc2)n1. The molecule has 0 aliphatic carbocycles. The molecule has 0 N–H and O–H groups in total. The van der Waals surface area contributed by atoms with Gasteiger partial charge in [-0.2, -0.15) is 0 Å². The van der Waals surface area contributed by atoms with Crippen LogP contribution in [0.25, 0.3) is 11.4 Å². The molecule has 2 aromatic heterocycles. The molecule has 1 saturated heterocycles. The average Bonchev–Trinajstić information content (AvgIpc) is 2.68. The maximum Gasteiger partial charge on any atom is 0.161 e. The number of rotatable bonds is 3. The molecule has 1 aromatic carbocycles. The number of anilines is 1. The highest BCUT2D eigenvalue weighted by atomic mass is 16.5. The van der Waals surface area contributed by atoms with Gasteiger partial charge in [0.05, 0.1) is 6.10 Å². The van der Waals surface area contributed by atoms with Crippen LogP contribution in [0.15, 0.2) is 60.9 Å². The van der Waals surface area contributed by atoms with Gasteiger partial charge in [0, 0.05) is 42.8 Å². The highest BCUT2D eigenvalue weighted by molar-refractivity contribution is 5.57. The van der Waals surface area contributed by atoms with Crippen molar-refractivity contribution in [1.82, 2.24) is 15.0 Å². The molecule has 0 saturated carbocycles. The van der Waals surface area contributed by atoms with Crippen LogP contribution < -0.4 is 4.90 Å². The first-order valence-electron chi connectivity index (χ1n) is 8.90. The quantitative estimate of drug-likeness (QED) is 0.722. The molecule has 0 amide bonds. The number of ether oxygens (including phenoxy) is 1. The van der Waals surface area contributed by atoms with Crippen LogP contribution in [-0.4, -0.2) is 34.1 Å². The molecule has 1 aliphatic heterocycles. The van der Waals surface area contributed by atoms with Gasteiger partial charge in [-0.15, -0.1) is 0 Å². The number of aryl methyl sites for hydroxylation is 1. The standard InChI is InChI=1S/C21H22N4O/c1-15-12-20(24-21(23-15)18-8-10-22-11-9-18)25-13-16(2)26-19(14-25)17-6-4-3-5-7-17/h3-12,16,19H,13-14H2,1-2H3/t16-,19-/m0/s1. The van der Waals surface area contributed by atoms with Crippen molar-refractivity contribution in [3.05, 3.63) is 72.2 Å². The van der Waals surface area contributed by atoms with E-state index in [0.29, 0.717) is 0 Å². The van der Waals surface area contributed by atoms with E-state index < -0.39 is 0 Å². The molecule has 1 fully saturated rings. The molecule has 3 aromatic rings. The topological polar surface area (TPSA) is 51.1 Å². The van der Waals surface area contributed by atoms with Crippen LogP contribution in [-0.2, 0) is 4.74 Å². The van der Waals surface area contributed by atoms with Gasteiger partial charge in [0.1, 0.15) is 11.9 Å². The fourth-order valence-electron chi connectivity index (χ4n) is 3.33. The Morgan fingerprint density at radius 3 is 2.54 bits per heavy atom. The normalized spacial score (nSPS) is 20.2. The van der Waals surface area contributed by atoms with Crippen molar-refractivity contribution in [2.45, 2.75) is 26.1 Å². The summed E-state index contributed by atoms with van der Waals surface area (Å²) in [6, 6.07) is 16.3. The van der Waals surface area contributed by atoms with Gasteiger partial charge in [-0.05, 0) is 31.5 Å². The van der Waals surface area contributed by atoms with Gasteiger partial charge in [-0.1, -0.05) is 30.3 Å². The molecular weight excluding hydrogens is 324 g/mol. The number of hydrogen-bond acceptors (Lipinski definition) is 5. The molecule has 3 heterocycles. The van der Waals surface area contributed by atoms with Gasteiger partial charge in [0.2, 0.25) is 0 Å². The molecular formula is C21H22N4O. The van der Waals surface area contributed by atoms with E-state index in [9.17, 15) is 0 Å².